The summed E-state index contributed by atoms with van der Waals surface area (Å²) in [6, 6.07) is 7.42. The summed E-state index contributed by atoms with van der Waals surface area (Å²) in [5, 5.41) is 7.50. The molecule has 1 aromatic carbocycles. The minimum absolute atomic E-state index is 0.112. The van der Waals surface area contributed by atoms with Gasteiger partial charge in [0.1, 0.15) is 0 Å². The smallest absolute Gasteiger partial charge is 0.338 e. The van der Waals surface area contributed by atoms with Gasteiger partial charge in [0.05, 0.1) is 24.4 Å². The minimum atomic E-state index is -0.301. The molecule has 0 fully saturated rings. The molecular formula is C15H19N3O2. The molecule has 20 heavy (non-hydrogen) atoms. The van der Waals surface area contributed by atoms with Crippen LogP contribution in [0, 0.1) is 0 Å². The van der Waals surface area contributed by atoms with Gasteiger partial charge in [0.15, 0.2) is 0 Å². The first-order valence-corrected chi connectivity index (χ1v) is 6.62. The molecule has 0 saturated carbocycles. The van der Waals surface area contributed by atoms with Crippen LogP contribution in [0.5, 0.6) is 0 Å². The third-order valence-corrected chi connectivity index (χ3v) is 2.98. The average Bonchev–Trinajstić information content (AvgIpc) is 2.86. The second-order valence-electron chi connectivity index (χ2n) is 4.61. The molecule has 0 bridgehead atoms. The Kier molecular flexibility index (Phi) is 4.40. The summed E-state index contributed by atoms with van der Waals surface area (Å²) in [4.78, 5) is 11.7. The summed E-state index contributed by atoms with van der Waals surface area (Å²) in [5.41, 5.74) is 2.52. The Bertz CT molecular complexity index is 592. The van der Waals surface area contributed by atoms with Crippen molar-refractivity contribution in [2.75, 3.05) is 11.9 Å². The lowest BCUT2D eigenvalue weighted by Gasteiger charge is -2.14. The maximum absolute atomic E-state index is 11.7. The van der Waals surface area contributed by atoms with Crippen LogP contribution in [-0.4, -0.2) is 22.4 Å². The molecule has 0 radical (unpaired) electrons. The van der Waals surface area contributed by atoms with Gasteiger partial charge in [-0.05, 0) is 32.0 Å². The zero-order chi connectivity index (χ0) is 14.5. The highest BCUT2D eigenvalue weighted by molar-refractivity contribution is 5.90. The molecule has 0 aliphatic carbocycles. The Hall–Kier alpha value is -2.30. The number of benzene rings is 1. The van der Waals surface area contributed by atoms with Crippen molar-refractivity contribution in [1.29, 1.82) is 0 Å². The van der Waals surface area contributed by atoms with E-state index in [0.29, 0.717) is 12.2 Å². The number of rotatable bonds is 5. The van der Waals surface area contributed by atoms with Gasteiger partial charge in [-0.15, -0.1) is 0 Å². The molecule has 1 unspecified atom stereocenters. The summed E-state index contributed by atoms with van der Waals surface area (Å²) in [5.74, 6) is -0.301. The Morgan fingerprint density at radius 2 is 2.30 bits per heavy atom. The van der Waals surface area contributed by atoms with E-state index < -0.39 is 0 Å². The third kappa shape index (κ3) is 3.38. The zero-order valence-corrected chi connectivity index (χ0v) is 12.0. The van der Waals surface area contributed by atoms with Crippen molar-refractivity contribution in [3.8, 4) is 0 Å². The first kappa shape index (κ1) is 14.1. The van der Waals surface area contributed by atoms with Gasteiger partial charge in [-0.2, -0.15) is 5.10 Å². The number of nitrogens with zero attached hydrogens (tertiary/aromatic N) is 2. The molecule has 0 aliphatic heterocycles. The SMILES string of the molecule is CCOC(=O)c1cccc(NC(C)c2cnn(C)c2)c1. The first-order chi connectivity index (χ1) is 9.60. The van der Waals surface area contributed by atoms with Crippen LogP contribution in [0.4, 0.5) is 5.69 Å². The third-order valence-electron chi connectivity index (χ3n) is 2.98. The second-order valence-corrected chi connectivity index (χ2v) is 4.61. The van der Waals surface area contributed by atoms with E-state index in [-0.39, 0.29) is 12.0 Å². The standard InChI is InChI=1S/C15H19N3O2/c1-4-20-15(19)12-6-5-7-14(8-12)17-11(2)13-9-16-18(3)10-13/h5-11,17H,4H2,1-3H3. The number of ether oxygens (including phenoxy) is 1. The van der Waals surface area contributed by atoms with Gasteiger partial charge in [-0.1, -0.05) is 6.07 Å². The van der Waals surface area contributed by atoms with E-state index in [9.17, 15) is 4.79 Å². The number of carbonyl (C=O) groups is 1. The fourth-order valence-electron chi connectivity index (χ4n) is 1.95. The van der Waals surface area contributed by atoms with Crippen molar-refractivity contribution in [2.45, 2.75) is 19.9 Å². The highest BCUT2D eigenvalue weighted by Crippen LogP contribution is 2.19. The van der Waals surface area contributed by atoms with Gasteiger partial charge in [0.25, 0.3) is 0 Å². The molecular weight excluding hydrogens is 254 g/mol. The molecule has 2 aromatic rings. The second kappa shape index (κ2) is 6.23. The van der Waals surface area contributed by atoms with Gasteiger partial charge >= 0.3 is 5.97 Å². The Morgan fingerprint density at radius 1 is 1.50 bits per heavy atom. The molecule has 0 amide bonds. The Balaban J connectivity index is 2.09. The fraction of sp³-hybridized carbons (Fsp3) is 0.333. The van der Waals surface area contributed by atoms with Gasteiger partial charge in [0.2, 0.25) is 0 Å². The molecule has 1 N–H and O–H groups in total. The van der Waals surface area contributed by atoms with Crippen molar-refractivity contribution in [2.24, 2.45) is 7.05 Å². The number of nitrogens with one attached hydrogen (secondary N) is 1. The predicted octanol–water partition coefficient (Wildman–Crippen LogP) is 2.77. The number of aromatic nitrogens is 2. The monoisotopic (exact) mass is 273 g/mol. The first-order valence-electron chi connectivity index (χ1n) is 6.62. The predicted molar refractivity (Wildman–Crippen MR) is 77.6 cm³/mol. The summed E-state index contributed by atoms with van der Waals surface area (Å²) in [7, 11) is 1.89. The summed E-state index contributed by atoms with van der Waals surface area (Å²) < 4.78 is 6.76. The van der Waals surface area contributed by atoms with Crippen molar-refractivity contribution in [3.05, 3.63) is 47.8 Å². The molecule has 5 heteroatoms. The van der Waals surface area contributed by atoms with Crippen LogP contribution in [0.2, 0.25) is 0 Å². The number of esters is 1. The van der Waals surface area contributed by atoms with E-state index >= 15 is 0 Å². The lowest BCUT2D eigenvalue weighted by molar-refractivity contribution is 0.0526. The van der Waals surface area contributed by atoms with Crippen LogP contribution < -0.4 is 5.32 Å². The van der Waals surface area contributed by atoms with Crippen molar-refractivity contribution < 1.29 is 9.53 Å². The van der Waals surface area contributed by atoms with Crippen molar-refractivity contribution in [3.63, 3.8) is 0 Å². The minimum Gasteiger partial charge on any atom is -0.462 e. The Labute approximate surface area is 118 Å². The van der Waals surface area contributed by atoms with Gasteiger partial charge in [-0.3, -0.25) is 4.68 Å². The largest absolute Gasteiger partial charge is 0.462 e. The van der Waals surface area contributed by atoms with Crippen LogP contribution >= 0.6 is 0 Å². The normalized spacial score (nSPS) is 11.9. The quantitative estimate of drug-likeness (QED) is 0.851. The maximum Gasteiger partial charge on any atom is 0.338 e. The number of aryl methyl sites for hydroxylation is 1. The van der Waals surface area contributed by atoms with Crippen LogP contribution in [0.15, 0.2) is 36.7 Å². The topological polar surface area (TPSA) is 56.1 Å². The molecule has 0 spiro atoms. The fourth-order valence-corrected chi connectivity index (χ4v) is 1.95. The highest BCUT2D eigenvalue weighted by Gasteiger charge is 2.10. The van der Waals surface area contributed by atoms with Crippen molar-refractivity contribution in [1.82, 2.24) is 9.78 Å². The molecule has 1 atom stereocenters. The molecule has 5 nitrogen and oxygen atoms in total. The van der Waals surface area contributed by atoms with Gasteiger partial charge in [-0.25, -0.2) is 4.79 Å². The molecule has 0 saturated heterocycles. The van der Waals surface area contributed by atoms with Crippen LogP contribution in [0.1, 0.15) is 35.8 Å². The lowest BCUT2D eigenvalue weighted by Crippen LogP contribution is -2.08. The summed E-state index contributed by atoms with van der Waals surface area (Å²) >= 11 is 0. The molecule has 0 aliphatic rings. The molecule has 2 rings (SSSR count). The molecule has 1 aromatic heterocycles. The lowest BCUT2D eigenvalue weighted by atomic mass is 10.1. The molecule has 1 heterocycles. The summed E-state index contributed by atoms with van der Waals surface area (Å²) in [6.45, 7) is 4.22. The van der Waals surface area contributed by atoms with E-state index in [1.165, 1.54) is 0 Å². The maximum atomic E-state index is 11.7. The van der Waals surface area contributed by atoms with Crippen LogP contribution in [0.3, 0.4) is 0 Å². The van der Waals surface area contributed by atoms with Crippen molar-refractivity contribution >= 4 is 11.7 Å². The van der Waals surface area contributed by atoms with Crippen LogP contribution in [0.25, 0.3) is 0 Å². The summed E-state index contributed by atoms with van der Waals surface area (Å²) in [6.07, 6.45) is 3.79. The molecule has 106 valence electrons. The van der Waals surface area contributed by atoms with E-state index in [1.54, 1.807) is 23.7 Å². The van der Waals surface area contributed by atoms with Crippen LogP contribution in [-0.2, 0) is 11.8 Å². The number of hydrogen-bond acceptors (Lipinski definition) is 4. The van der Waals surface area contributed by atoms with E-state index in [1.807, 2.05) is 38.5 Å². The van der Waals surface area contributed by atoms with E-state index in [4.69, 9.17) is 4.74 Å². The number of carbonyl (C=O) groups excluding carboxylic acids is 1. The van der Waals surface area contributed by atoms with E-state index in [0.717, 1.165) is 11.3 Å². The zero-order valence-electron chi connectivity index (χ0n) is 12.0. The Morgan fingerprint density at radius 3 is 2.95 bits per heavy atom. The number of hydrogen-bond donors (Lipinski definition) is 1. The van der Waals surface area contributed by atoms with Gasteiger partial charge in [0, 0.05) is 24.5 Å². The van der Waals surface area contributed by atoms with Gasteiger partial charge < -0.3 is 10.1 Å². The average molecular weight is 273 g/mol. The highest BCUT2D eigenvalue weighted by atomic mass is 16.5. The van der Waals surface area contributed by atoms with E-state index in [2.05, 4.69) is 10.4 Å². The number of anilines is 1.